The SMILES string of the molecule is CN(CCC1CCCC1)CC(C)(C)N. The highest BCUT2D eigenvalue weighted by Crippen LogP contribution is 2.27. The van der Waals surface area contributed by atoms with E-state index in [-0.39, 0.29) is 5.54 Å². The van der Waals surface area contributed by atoms with Crippen LogP contribution in [0.25, 0.3) is 0 Å². The zero-order valence-corrected chi connectivity index (χ0v) is 10.1. The summed E-state index contributed by atoms with van der Waals surface area (Å²) in [5.74, 6) is 0.998. The lowest BCUT2D eigenvalue weighted by Crippen LogP contribution is -2.44. The van der Waals surface area contributed by atoms with Crippen LogP contribution in [0, 0.1) is 5.92 Å². The second kappa shape index (κ2) is 5.13. The largest absolute Gasteiger partial charge is 0.324 e. The van der Waals surface area contributed by atoms with Gasteiger partial charge in [0.25, 0.3) is 0 Å². The average molecular weight is 198 g/mol. The van der Waals surface area contributed by atoms with Crippen LogP contribution < -0.4 is 5.73 Å². The van der Waals surface area contributed by atoms with Crippen LogP contribution in [0.1, 0.15) is 46.0 Å². The fourth-order valence-corrected chi connectivity index (χ4v) is 2.48. The Balaban J connectivity index is 2.11. The van der Waals surface area contributed by atoms with E-state index in [9.17, 15) is 0 Å². The smallest absolute Gasteiger partial charge is 0.0225 e. The number of hydrogen-bond acceptors (Lipinski definition) is 2. The van der Waals surface area contributed by atoms with Gasteiger partial charge in [-0.3, -0.25) is 0 Å². The summed E-state index contributed by atoms with van der Waals surface area (Å²) in [7, 11) is 2.18. The Morgan fingerprint density at radius 2 is 1.86 bits per heavy atom. The summed E-state index contributed by atoms with van der Waals surface area (Å²) in [5, 5.41) is 0. The van der Waals surface area contributed by atoms with Gasteiger partial charge in [0.05, 0.1) is 0 Å². The average Bonchev–Trinajstić information content (AvgIpc) is 2.49. The van der Waals surface area contributed by atoms with E-state index in [0.717, 1.165) is 12.5 Å². The van der Waals surface area contributed by atoms with Crippen LogP contribution in [0.3, 0.4) is 0 Å². The van der Waals surface area contributed by atoms with Crippen LogP contribution >= 0.6 is 0 Å². The molecule has 0 radical (unpaired) electrons. The Labute approximate surface area is 88.8 Å². The number of hydrogen-bond donors (Lipinski definition) is 1. The molecule has 0 aromatic carbocycles. The van der Waals surface area contributed by atoms with Gasteiger partial charge in [-0.2, -0.15) is 0 Å². The minimum atomic E-state index is -0.0512. The molecule has 0 bridgehead atoms. The van der Waals surface area contributed by atoms with Crippen LogP contribution in [-0.4, -0.2) is 30.6 Å². The van der Waals surface area contributed by atoms with Crippen LogP contribution in [-0.2, 0) is 0 Å². The van der Waals surface area contributed by atoms with Crippen molar-refractivity contribution in [2.24, 2.45) is 11.7 Å². The van der Waals surface area contributed by atoms with Crippen molar-refractivity contribution < 1.29 is 0 Å². The zero-order valence-electron chi connectivity index (χ0n) is 10.1. The Kier molecular flexibility index (Phi) is 4.39. The first-order valence-electron chi connectivity index (χ1n) is 5.95. The van der Waals surface area contributed by atoms with Gasteiger partial charge in [0.15, 0.2) is 0 Å². The second-order valence-electron chi connectivity index (χ2n) is 5.67. The molecule has 0 aliphatic heterocycles. The molecule has 14 heavy (non-hydrogen) atoms. The maximum Gasteiger partial charge on any atom is 0.0225 e. The van der Waals surface area contributed by atoms with Crippen molar-refractivity contribution in [1.82, 2.24) is 4.90 Å². The number of rotatable bonds is 5. The lowest BCUT2D eigenvalue weighted by Gasteiger charge is -2.27. The molecule has 0 aromatic heterocycles. The highest BCUT2D eigenvalue weighted by Gasteiger charge is 2.17. The first kappa shape index (κ1) is 12.0. The molecule has 1 aliphatic carbocycles. The van der Waals surface area contributed by atoms with E-state index in [1.807, 2.05) is 0 Å². The molecule has 0 aromatic rings. The molecule has 2 heteroatoms. The number of nitrogens with two attached hydrogens (primary N) is 1. The van der Waals surface area contributed by atoms with Gasteiger partial charge >= 0.3 is 0 Å². The van der Waals surface area contributed by atoms with Gasteiger partial charge in [0.2, 0.25) is 0 Å². The van der Waals surface area contributed by atoms with Crippen LogP contribution in [0.2, 0.25) is 0 Å². The third kappa shape index (κ3) is 4.97. The van der Waals surface area contributed by atoms with Crippen molar-refractivity contribution >= 4 is 0 Å². The quantitative estimate of drug-likeness (QED) is 0.734. The van der Waals surface area contributed by atoms with Crippen molar-refractivity contribution in [3.63, 3.8) is 0 Å². The summed E-state index contributed by atoms with van der Waals surface area (Å²) in [6, 6.07) is 0. The first-order chi connectivity index (χ1) is 6.47. The highest BCUT2D eigenvalue weighted by atomic mass is 15.1. The van der Waals surface area contributed by atoms with Gasteiger partial charge in [0, 0.05) is 12.1 Å². The van der Waals surface area contributed by atoms with Gasteiger partial charge in [0.1, 0.15) is 0 Å². The van der Waals surface area contributed by atoms with Crippen molar-refractivity contribution in [2.75, 3.05) is 20.1 Å². The number of likely N-dealkylation sites (N-methyl/N-ethyl adjacent to an activating group) is 1. The van der Waals surface area contributed by atoms with E-state index in [4.69, 9.17) is 5.73 Å². The van der Waals surface area contributed by atoms with Gasteiger partial charge < -0.3 is 10.6 Å². The molecule has 1 saturated carbocycles. The monoisotopic (exact) mass is 198 g/mol. The second-order valence-corrected chi connectivity index (χ2v) is 5.67. The number of nitrogens with zero attached hydrogens (tertiary/aromatic N) is 1. The van der Waals surface area contributed by atoms with E-state index in [1.165, 1.54) is 38.6 Å². The van der Waals surface area contributed by atoms with Crippen LogP contribution in [0.4, 0.5) is 0 Å². The summed E-state index contributed by atoms with van der Waals surface area (Å²) in [5.41, 5.74) is 5.93. The summed E-state index contributed by atoms with van der Waals surface area (Å²) >= 11 is 0. The maximum atomic E-state index is 5.98. The molecule has 0 spiro atoms. The lowest BCUT2D eigenvalue weighted by atomic mass is 10.0. The Morgan fingerprint density at radius 3 is 2.36 bits per heavy atom. The van der Waals surface area contributed by atoms with Crippen molar-refractivity contribution in [3.8, 4) is 0 Å². The molecule has 1 fully saturated rings. The highest BCUT2D eigenvalue weighted by molar-refractivity contribution is 4.76. The molecule has 2 N–H and O–H groups in total. The van der Waals surface area contributed by atoms with Gasteiger partial charge in [-0.05, 0) is 39.8 Å². The fraction of sp³-hybridized carbons (Fsp3) is 1.00. The molecule has 0 saturated heterocycles. The molecular formula is C12H26N2. The predicted octanol–water partition coefficient (Wildman–Crippen LogP) is 2.24. The topological polar surface area (TPSA) is 29.3 Å². The molecular weight excluding hydrogens is 172 g/mol. The Morgan fingerprint density at radius 1 is 1.29 bits per heavy atom. The maximum absolute atomic E-state index is 5.98. The summed E-state index contributed by atoms with van der Waals surface area (Å²) in [6.45, 7) is 6.41. The van der Waals surface area contributed by atoms with E-state index >= 15 is 0 Å². The molecule has 1 aliphatic rings. The molecule has 0 atom stereocenters. The van der Waals surface area contributed by atoms with Gasteiger partial charge in [-0.15, -0.1) is 0 Å². The van der Waals surface area contributed by atoms with Gasteiger partial charge in [-0.1, -0.05) is 25.7 Å². The molecule has 1 rings (SSSR count). The minimum absolute atomic E-state index is 0.0512. The third-order valence-corrected chi connectivity index (χ3v) is 3.07. The molecule has 0 heterocycles. The minimum Gasteiger partial charge on any atom is -0.324 e. The summed E-state index contributed by atoms with van der Waals surface area (Å²) in [6.07, 6.45) is 7.19. The molecule has 2 nitrogen and oxygen atoms in total. The zero-order chi connectivity index (χ0) is 10.6. The van der Waals surface area contributed by atoms with Crippen LogP contribution in [0.15, 0.2) is 0 Å². The van der Waals surface area contributed by atoms with E-state index in [0.29, 0.717) is 0 Å². The van der Waals surface area contributed by atoms with E-state index < -0.39 is 0 Å². The summed E-state index contributed by atoms with van der Waals surface area (Å²) in [4.78, 5) is 2.37. The molecule has 0 amide bonds. The van der Waals surface area contributed by atoms with E-state index in [1.54, 1.807) is 0 Å². The normalized spacial score (nSPS) is 19.5. The van der Waals surface area contributed by atoms with Crippen molar-refractivity contribution in [3.05, 3.63) is 0 Å². The van der Waals surface area contributed by atoms with Crippen molar-refractivity contribution in [2.45, 2.75) is 51.5 Å². The van der Waals surface area contributed by atoms with Crippen molar-refractivity contribution in [1.29, 1.82) is 0 Å². The third-order valence-electron chi connectivity index (χ3n) is 3.07. The predicted molar refractivity (Wildman–Crippen MR) is 62.3 cm³/mol. The summed E-state index contributed by atoms with van der Waals surface area (Å²) < 4.78 is 0. The molecule has 0 unspecified atom stereocenters. The first-order valence-corrected chi connectivity index (χ1v) is 5.95. The fourth-order valence-electron chi connectivity index (χ4n) is 2.48. The lowest BCUT2D eigenvalue weighted by molar-refractivity contribution is 0.251. The van der Waals surface area contributed by atoms with Crippen LogP contribution in [0.5, 0.6) is 0 Å². The standard InChI is InChI=1S/C12H26N2/c1-12(2,13)10-14(3)9-8-11-6-4-5-7-11/h11H,4-10,13H2,1-3H3. The Hall–Kier alpha value is -0.0800. The van der Waals surface area contributed by atoms with Gasteiger partial charge in [-0.25, -0.2) is 0 Å². The Bertz CT molecular complexity index is 154. The molecule has 84 valence electrons. The van der Waals surface area contributed by atoms with E-state index in [2.05, 4.69) is 25.8 Å².